The third-order valence-electron chi connectivity index (χ3n) is 6.05. The lowest BCUT2D eigenvalue weighted by Gasteiger charge is -2.22. The van der Waals surface area contributed by atoms with Gasteiger partial charge in [0.1, 0.15) is 5.76 Å². The normalized spacial score (nSPS) is 13.3. The van der Waals surface area contributed by atoms with Gasteiger partial charge in [0.05, 0.1) is 19.4 Å². The molecule has 2 N–H and O–H groups in total. The first-order chi connectivity index (χ1) is 16.4. The Morgan fingerprint density at radius 3 is 2.44 bits per heavy atom. The van der Waals surface area contributed by atoms with Crippen molar-refractivity contribution in [1.29, 1.82) is 0 Å². The monoisotopic (exact) mass is 459 g/mol. The zero-order chi connectivity index (χ0) is 24.1. The van der Waals surface area contributed by atoms with E-state index in [1.807, 2.05) is 60.4 Å². The summed E-state index contributed by atoms with van der Waals surface area (Å²) in [5.74, 6) is 1.01. The summed E-state index contributed by atoms with van der Waals surface area (Å²) >= 11 is 0. The van der Waals surface area contributed by atoms with Gasteiger partial charge < -0.3 is 15.1 Å². The van der Waals surface area contributed by atoms with Crippen LogP contribution in [0.3, 0.4) is 0 Å². The molecule has 1 aliphatic carbocycles. The van der Waals surface area contributed by atoms with E-state index in [0.717, 1.165) is 41.0 Å². The van der Waals surface area contributed by atoms with Crippen LogP contribution >= 0.6 is 0 Å². The summed E-state index contributed by atoms with van der Waals surface area (Å²) in [6.45, 7) is 7.56. The van der Waals surface area contributed by atoms with E-state index in [9.17, 15) is 9.59 Å². The fourth-order valence-corrected chi connectivity index (χ4v) is 4.03. The number of amides is 2. The van der Waals surface area contributed by atoms with E-state index >= 15 is 0 Å². The van der Waals surface area contributed by atoms with E-state index in [1.165, 1.54) is 0 Å². The van der Waals surface area contributed by atoms with Gasteiger partial charge in [-0.1, -0.05) is 44.2 Å². The third kappa shape index (κ3) is 6.35. The van der Waals surface area contributed by atoms with Crippen LogP contribution in [0.5, 0.6) is 0 Å². The van der Waals surface area contributed by atoms with Crippen molar-refractivity contribution < 1.29 is 14.0 Å². The maximum Gasteiger partial charge on any atom is 0.251 e. The summed E-state index contributed by atoms with van der Waals surface area (Å²) in [5.41, 5.74) is 4.77. The molecule has 2 amide bonds. The van der Waals surface area contributed by atoms with Crippen LogP contribution in [0, 0.1) is 6.92 Å². The average Bonchev–Trinajstić information content (AvgIpc) is 3.47. The van der Waals surface area contributed by atoms with Gasteiger partial charge in [0.15, 0.2) is 0 Å². The van der Waals surface area contributed by atoms with Gasteiger partial charge in [0.2, 0.25) is 5.91 Å². The molecular weight excluding hydrogens is 426 g/mol. The zero-order valence-corrected chi connectivity index (χ0v) is 20.1. The Morgan fingerprint density at radius 2 is 1.79 bits per heavy atom. The lowest BCUT2D eigenvalue weighted by molar-refractivity contribution is -0.117. The van der Waals surface area contributed by atoms with Gasteiger partial charge in [0, 0.05) is 23.8 Å². The SMILES string of the molecule is Cc1cccc(C(C)C)c1NC(=O)CN(Cc1ccc(C(=O)NC2CC2)cc1)Cc1ccco1. The number of nitrogens with one attached hydrogen (secondary N) is 2. The van der Waals surface area contributed by atoms with Crippen LogP contribution < -0.4 is 10.6 Å². The van der Waals surface area contributed by atoms with Crippen molar-refractivity contribution in [2.75, 3.05) is 11.9 Å². The Bertz CT molecular complexity index is 1120. The van der Waals surface area contributed by atoms with Crippen molar-refractivity contribution in [2.24, 2.45) is 0 Å². The topological polar surface area (TPSA) is 74.6 Å². The lowest BCUT2D eigenvalue weighted by Crippen LogP contribution is -2.33. The molecule has 6 heteroatoms. The molecule has 6 nitrogen and oxygen atoms in total. The molecule has 1 aromatic heterocycles. The maximum atomic E-state index is 13.1. The van der Waals surface area contributed by atoms with Crippen LogP contribution in [-0.2, 0) is 17.9 Å². The fourth-order valence-electron chi connectivity index (χ4n) is 4.03. The van der Waals surface area contributed by atoms with Gasteiger partial charge in [-0.2, -0.15) is 0 Å². The van der Waals surface area contributed by atoms with Crippen LogP contribution in [0.25, 0.3) is 0 Å². The summed E-state index contributed by atoms with van der Waals surface area (Å²) in [6, 6.07) is 17.8. The van der Waals surface area contributed by atoms with Gasteiger partial charge in [-0.05, 0) is 66.6 Å². The predicted molar refractivity (Wildman–Crippen MR) is 134 cm³/mol. The smallest absolute Gasteiger partial charge is 0.251 e. The third-order valence-corrected chi connectivity index (χ3v) is 6.05. The second-order valence-electron chi connectivity index (χ2n) is 9.41. The van der Waals surface area contributed by atoms with E-state index in [4.69, 9.17) is 4.42 Å². The van der Waals surface area contributed by atoms with Crippen LogP contribution in [0.15, 0.2) is 65.3 Å². The number of carbonyl (C=O) groups excluding carboxylic acids is 2. The molecule has 4 rings (SSSR count). The average molecular weight is 460 g/mol. The Balaban J connectivity index is 1.45. The van der Waals surface area contributed by atoms with E-state index in [0.29, 0.717) is 30.6 Å². The summed E-state index contributed by atoms with van der Waals surface area (Å²) in [4.78, 5) is 27.4. The zero-order valence-electron chi connectivity index (χ0n) is 20.1. The van der Waals surface area contributed by atoms with Gasteiger partial charge in [-0.3, -0.25) is 14.5 Å². The van der Waals surface area contributed by atoms with E-state index in [1.54, 1.807) is 6.26 Å². The van der Waals surface area contributed by atoms with Crippen molar-refractivity contribution >= 4 is 17.5 Å². The fraction of sp³-hybridized carbons (Fsp3) is 0.357. The summed E-state index contributed by atoms with van der Waals surface area (Å²) in [5, 5.41) is 6.15. The second-order valence-corrected chi connectivity index (χ2v) is 9.41. The molecule has 0 spiro atoms. The van der Waals surface area contributed by atoms with Gasteiger partial charge in [-0.25, -0.2) is 0 Å². The van der Waals surface area contributed by atoms with E-state index in [2.05, 4.69) is 30.5 Å². The molecule has 0 unspecified atom stereocenters. The maximum absolute atomic E-state index is 13.1. The number of nitrogens with zero attached hydrogens (tertiary/aromatic N) is 1. The number of hydrogen-bond donors (Lipinski definition) is 2. The minimum Gasteiger partial charge on any atom is -0.468 e. The summed E-state index contributed by atoms with van der Waals surface area (Å²) < 4.78 is 5.54. The number of benzene rings is 2. The summed E-state index contributed by atoms with van der Waals surface area (Å²) in [7, 11) is 0. The molecule has 1 aliphatic rings. The Kier molecular flexibility index (Phi) is 7.48. The number of rotatable bonds is 10. The highest BCUT2D eigenvalue weighted by molar-refractivity contribution is 5.95. The van der Waals surface area contributed by atoms with Crippen LogP contribution in [0.4, 0.5) is 5.69 Å². The molecule has 3 aromatic rings. The minimum atomic E-state index is -0.0665. The van der Waals surface area contributed by atoms with E-state index < -0.39 is 0 Å². The molecular formula is C28H33N3O3. The molecule has 0 aliphatic heterocycles. The summed E-state index contributed by atoms with van der Waals surface area (Å²) in [6.07, 6.45) is 3.77. The van der Waals surface area contributed by atoms with Crippen molar-refractivity contribution in [1.82, 2.24) is 10.2 Å². The van der Waals surface area contributed by atoms with Crippen molar-refractivity contribution in [3.05, 3.63) is 88.9 Å². The van der Waals surface area contributed by atoms with Gasteiger partial charge in [0.25, 0.3) is 5.91 Å². The predicted octanol–water partition coefficient (Wildman–Crippen LogP) is 5.24. The number of para-hydroxylation sites is 1. The molecule has 178 valence electrons. The number of hydrogen-bond acceptors (Lipinski definition) is 4. The highest BCUT2D eigenvalue weighted by atomic mass is 16.3. The number of furan rings is 1. The minimum absolute atomic E-state index is 0.0277. The standard InChI is InChI=1S/C28H33N3O3/c1-19(2)25-8-4-6-20(3)27(25)30-26(32)18-31(17-24-7-5-15-34-24)16-21-9-11-22(12-10-21)28(33)29-23-13-14-23/h4-12,15,19,23H,13-14,16-18H2,1-3H3,(H,29,33)(H,30,32). The van der Waals surface area contributed by atoms with Crippen LogP contribution in [0.1, 0.15) is 65.4 Å². The molecule has 0 atom stereocenters. The van der Waals surface area contributed by atoms with Crippen molar-refractivity contribution in [3.8, 4) is 0 Å². The molecule has 0 saturated heterocycles. The molecule has 0 bridgehead atoms. The Labute approximate surface area is 201 Å². The van der Waals surface area contributed by atoms with Gasteiger partial charge >= 0.3 is 0 Å². The van der Waals surface area contributed by atoms with Gasteiger partial charge in [-0.15, -0.1) is 0 Å². The lowest BCUT2D eigenvalue weighted by atomic mass is 9.98. The second kappa shape index (κ2) is 10.7. The first kappa shape index (κ1) is 23.8. The first-order valence-electron chi connectivity index (χ1n) is 11.9. The number of aryl methyl sites for hydroxylation is 1. The molecule has 1 saturated carbocycles. The highest BCUT2D eigenvalue weighted by Crippen LogP contribution is 2.27. The van der Waals surface area contributed by atoms with Crippen molar-refractivity contribution in [2.45, 2.75) is 58.7 Å². The highest BCUT2D eigenvalue weighted by Gasteiger charge is 2.23. The van der Waals surface area contributed by atoms with Crippen molar-refractivity contribution in [3.63, 3.8) is 0 Å². The quantitative estimate of drug-likeness (QED) is 0.435. The van der Waals surface area contributed by atoms with Crippen LogP contribution in [-0.4, -0.2) is 29.3 Å². The number of carbonyl (C=O) groups is 2. The first-order valence-corrected chi connectivity index (χ1v) is 11.9. The largest absolute Gasteiger partial charge is 0.468 e. The molecule has 2 aromatic carbocycles. The molecule has 1 fully saturated rings. The molecule has 0 radical (unpaired) electrons. The number of anilines is 1. The Hall–Kier alpha value is -3.38. The van der Waals surface area contributed by atoms with E-state index in [-0.39, 0.29) is 18.4 Å². The molecule has 1 heterocycles. The van der Waals surface area contributed by atoms with Crippen LogP contribution in [0.2, 0.25) is 0 Å². The Morgan fingerprint density at radius 1 is 1.03 bits per heavy atom. The molecule has 34 heavy (non-hydrogen) atoms.